The summed E-state index contributed by atoms with van der Waals surface area (Å²) in [5.74, 6) is 0.0217. The lowest BCUT2D eigenvalue weighted by molar-refractivity contribution is -0.129. The Morgan fingerprint density at radius 3 is 2.71 bits per heavy atom. The summed E-state index contributed by atoms with van der Waals surface area (Å²) in [4.78, 5) is 17.7. The van der Waals surface area contributed by atoms with Gasteiger partial charge in [-0.05, 0) is 16.3 Å². The van der Waals surface area contributed by atoms with Crippen molar-refractivity contribution in [2.75, 3.05) is 7.05 Å². The molecule has 6 heteroatoms. The summed E-state index contributed by atoms with van der Waals surface area (Å²) in [5.41, 5.74) is 0.891. The minimum Gasteiger partial charge on any atom is -0.338 e. The summed E-state index contributed by atoms with van der Waals surface area (Å²) < 4.78 is 26.4. The Labute approximate surface area is 138 Å². The molecule has 1 amide bonds. The molecule has 124 valence electrons. The number of amides is 1. The summed E-state index contributed by atoms with van der Waals surface area (Å²) in [5, 5.41) is 2.18. The predicted octanol–water partition coefficient (Wildman–Crippen LogP) is 3.63. The van der Waals surface area contributed by atoms with Crippen LogP contribution in [0, 0.1) is 0 Å². The first kappa shape index (κ1) is 16.1. The molecule has 0 N–H and O–H groups in total. The fraction of sp³-hybridized carbons (Fsp3) is 0.222. The van der Waals surface area contributed by atoms with Crippen LogP contribution in [0.2, 0.25) is 0 Å². The van der Waals surface area contributed by atoms with Crippen molar-refractivity contribution in [3.05, 3.63) is 66.2 Å². The fourth-order valence-electron chi connectivity index (χ4n) is 2.60. The average molecular weight is 329 g/mol. The van der Waals surface area contributed by atoms with E-state index in [-0.39, 0.29) is 24.7 Å². The predicted molar refractivity (Wildman–Crippen MR) is 87.6 cm³/mol. The lowest BCUT2D eigenvalue weighted by Crippen LogP contribution is -2.29. The highest BCUT2D eigenvalue weighted by molar-refractivity contribution is 5.85. The van der Waals surface area contributed by atoms with Crippen LogP contribution in [0.15, 0.2) is 54.9 Å². The third-order valence-electron chi connectivity index (χ3n) is 3.93. The van der Waals surface area contributed by atoms with Gasteiger partial charge in [-0.1, -0.05) is 42.5 Å². The van der Waals surface area contributed by atoms with Gasteiger partial charge in [0, 0.05) is 19.4 Å². The summed E-state index contributed by atoms with van der Waals surface area (Å²) in [7, 11) is 1.59. The van der Waals surface area contributed by atoms with Crippen LogP contribution in [0.3, 0.4) is 0 Å². The normalized spacial score (nSPS) is 11.2. The highest BCUT2D eigenvalue weighted by atomic mass is 19.3. The highest BCUT2D eigenvalue weighted by Gasteiger charge is 2.16. The number of imidazole rings is 1. The Balaban J connectivity index is 1.70. The molecule has 4 nitrogen and oxygen atoms in total. The van der Waals surface area contributed by atoms with Crippen LogP contribution in [-0.4, -0.2) is 27.4 Å². The molecular weight excluding hydrogens is 312 g/mol. The highest BCUT2D eigenvalue weighted by Crippen LogP contribution is 2.17. The molecule has 0 aliphatic rings. The number of carbonyl (C=O) groups is 1. The number of aromatic nitrogens is 2. The molecule has 1 heterocycles. The Morgan fingerprint density at radius 1 is 1.21 bits per heavy atom. The second-order valence-electron chi connectivity index (χ2n) is 5.64. The second-order valence-corrected chi connectivity index (χ2v) is 5.64. The van der Waals surface area contributed by atoms with E-state index in [2.05, 4.69) is 4.98 Å². The van der Waals surface area contributed by atoms with E-state index in [9.17, 15) is 13.6 Å². The molecule has 24 heavy (non-hydrogen) atoms. The number of benzene rings is 2. The Hall–Kier alpha value is -2.76. The molecule has 3 rings (SSSR count). The molecule has 1 aromatic heterocycles. The van der Waals surface area contributed by atoms with Crippen LogP contribution in [0.4, 0.5) is 8.78 Å². The van der Waals surface area contributed by atoms with Gasteiger partial charge in [-0.15, -0.1) is 0 Å². The molecule has 2 aromatic carbocycles. The zero-order chi connectivity index (χ0) is 17.1. The van der Waals surface area contributed by atoms with Crippen LogP contribution < -0.4 is 0 Å². The van der Waals surface area contributed by atoms with E-state index >= 15 is 0 Å². The molecule has 0 fully saturated rings. The lowest BCUT2D eigenvalue weighted by atomic mass is 10.0. The summed E-state index contributed by atoms with van der Waals surface area (Å²) >= 11 is 0. The van der Waals surface area contributed by atoms with Crippen molar-refractivity contribution in [3.63, 3.8) is 0 Å². The molecule has 0 spiro atoms. The SMILES string of the molecule is CN(Cc1nccn1C(F)F)C(=O)Cc1ccc2ccccc2c1. The number of halogens is 2. The van der Waals surface area contributed by atoms with Crippen molar-refractivity contribution in [1.82, 2.24) is 14.5 Å². The van der Waals surface area contributed by atoms with Gasteiger partial charge in [-0.25, -0.2) is 4.98 Å². The number of hydrogen-bond donors (Lipinski definition) is 0. The molecule has 0 unspecified atom stereocenters. The lowest BCUT2D eigenvalue weighted by Gasteiger charge is -2.18. The van der Waals surface area contributed by atoms with Gasteiger partial charge in [0.15, 0.2) is 0 Å². The Morgan fingerprint density at radius 2 is 1.96 bits per heavy atom. The zero-order valence-corrected chi connectivity index (χ0v) is 13.2. The van der Waals surface area contributed by atoms with Crippen molar-refractivity contribution < 1.29 is 13.6 Å². The molecular formula is C18H17F2N3O. The van der Waals surface area contributed by atoms with Gasteiger partial charge in [0.25, 0.3) is 0 Å². The quantitative estimate of drug-likeness (QED) is 0.717. The number of hydrogen-bond acceptors (Lipinski definition) is 2. The van der Waals surface area contributed by atoms with Gasteiger partial charge >= 0.3 is 6.55 Å². The summed E-state index contributed by atoms with van der Waals surface area (Å²) in [6.45, 7) is -2.62. The van der Waals surface area contributed by atoms with Crippen LogP contribution in [0.5, 0.6) is 0 Å². The first-order valence-corrected chi connectivity index (χ1v) is 7.56. The van der Waals surface area contributed by atoms with Crippen molar-refractivity contribution in [1.29, 1.82) is 0 Å². The van der Waals surface area contributed by atoms with Gasteiger partial charge in [0.05, 0.1) is 13.0 Å². The largest absolute Gasteiger partial charge is 0.338 e. The van der Waals surface area contributed by atoms with Crippen molar-refractivity contribution >= 4 is 16.7 Å². The fourth-order valence-corrected chi connectivity index (χ4v) is 2.60. The number of nitrogens with zero attached hydrogens (tertiary/aromatic N) is 3. The van der Waals surface area contributed by atoms with Gasteiger partial charge < -0.3 is 4.90 Å². The van der Waals surface area contributed by atoms with Gasteiger partial charge in [0.2, 0.25) is 5.91 Å². The second kappa shape index (κ2) is 6.78. The first-order valence-electron chi connectivity index (χ1n) is 7.56. The maximum Gasteiger partial charge on any atom is 0.319 e. The maximum absolute atomic E-state index is 12.8. The van der Waals surface area contributed by atoms with E-state index in [0.29, 0.717) is 0 Å². The van der Waals surface area contributed by atoms with E-state index in [1.165, 1.54) is 17.3 Å². The number of alkyl halides is 2. The van der Waals surface area contributed by atoms with Crippen LogP contribution >= 0.6 is 0 Å². The molecule has 0 aliphatic heterocycles. The van der Waals surface area contributed by atoms with Crippen molar-refractivity contribution in [2.24, 2.45) is 0 Å². The van der Waals surface area contributed by atoms with E-state index in [0.717, 1.165) is 20.9 Å². The van der Waals surface area contributed by atoms with E-state index in [1.54, 1.807) is 7.05 Å². The Kier molecular flexibility index (Phi) is 4.55. The van der Waals surface area contributed by atoms with Gasteiger partial charge in [0.1, 0.15) is 5.82 Å². The standard InChI is InChI=1S/C18H17F2N3O/c1-22(12-16-21-8-9-23(16)18(19)20)17(24)11-13-6-7-14-4-2-3-5-15(14)10-13/h2-10,18H,11-12H2,1H3. The summed E-state index contributed by atoms with van der Waals surface area (Å²) in [6, 6.07) is 13.8. The molecule has 0 saturated carbocycles. The van der Waals surface area contributed by atoms with Crippen LogP contribution in [0.25, 0.3) is 10.8 Å². The van der Waals surface area contributed by atoms with E-state index in [1.807, 2.05) is 42.5 Å². The smallest absolute Gasteiger partial charge is 0.319 e. The zero-order valence-electron chi connectivity index (χ0n) is 13.2. The number of rotatable bonds is 5. The summed E-state index contributed by atoms with van der Waals surface area (Å²) in [6.07, 6.45) is 2.74. The molecule has 0 bridgehead atoms. The number of likely N-dealkylation sites (N-methyl/N-ethyl adjacent to an activating group) is 1. The molecule has 0 radical (unpaired) electrons. The monoisotopic (exact) mass is 329 g/mol. The van der Waals surface area contributed by atoms with Crippen molar-refractivity contribution in [2.45, 2.75) is 19.5 Å². The Bertz CT molecular complexity index is 860. The first-order chi connectivity index (χ1) is 11.5. The van der Waals surface area contributed by atoms with E-state index in [4.69, 9.17) is 0 Å². The molecule has 0 aliphatic carbocycles. The number of fused-ring (bicyclic) bond motifs is 1. The average Bonchev–Trinajstić information content (AvgIpc) is 3.03. The van der Waals surface area contributed by atoms with E-state index < -0.39 is 6.55 Å². The minimum absolute atomic E-state index is 0.0454. The van der Waals surface area contributed by atoms with Gasteiger partial charge in [-0.3, -0.25) is 9.36 Å². The number of carbonyl (C=O) groups excluding carboxylic acids is 1. The third-order valence-corrected chi connectivity index (χ3v) is 3.93. The van der Waals surface area contributed by atoms with Crippen LogP contribution in [-0.2, 0) is 17.8 Å². The minimum atomic E-state index is -2.66. The maximum atomic E-state index is 12.8. The van der Waals surface area contributed by atoms with Gasteiger partial charge in [-0.2, -0.15) is 8.78 Å². The topological polar surface area (TPSA) is 38.1 Å². The molecule has 0 saturated heterocycles. The molecule has 3 aromatic rings. The molecule has 0 atom stereocenters. The van der Waals surface area contributed by atoms with Crippen LogP contribution in [0.1, 0.15) is 17.9 Å². The van der Waals surface area contributed by atoms with Crippen molar-refractivity contribution in [3.8, 4) is 0 Å². The third kappa shape index (κ3) is 3.42.